The number of rotatable bonds is 7. The molecular formula is C20H18Cl2N2O4. The van der Waals surface area contributed by atoms with Crippen molar-refractivity contribution in [3.05, 3.63) is 64.0 Å². The highest BCUT2D eigenvalue weighted by Crippen LogP contribution is 2.32. The van der Waals surface area contributed by atoms with E-state index in [1.165, 1.54) is 0 Å². The molecule has 0 aliphatic heterocycles. The van der Waals surface area contributed by atoms with Crippen molar-refractivity contribution in [1.82, 2.24) is 10.1 Å². The summed E-state index contributed by atoms with van der Waals surface area (Å²) in [6.07, 6.45) is -0.243. The lowest BCUT2D eigenvalue weighted by atomic mass is 10.1. The molecule has 0 fully saturated rings. The zero-order valence-corrected chi connectivity index (χ0v) is 16.8. The van der Waals surface area contributed by atoms with E-state index in [1.54, 1.807) is 44.2 Å². The van der Waals surface area contributed by atoms with Crippen LogP contribution in [0.5, 0.6) is 5.75 Å². The minimum Gasteiger partial charge on any atom is -0.479 e. The molecule has 3 rings (SSSR count). The van der Waals surface area contributed by atoms with Gasteiger partial charge in [0.2, 0.25) is 11.7 Å². The Morgan fingerprint density at radius 2 is 1.82 bits per heavy atom. The fourth-order valence-electron chi connectivity index (χ4n) is 2.51. The van der Waals surface area contributed by atoms with Gasteiger partial charge < -0.3 is 14.0 Å². The average molecular weight is 421 g/mol. The van der Waals surface area contributed by atoms with Gasteiger partial charge in [-0.3, -0.25) is 0 Å². The summed E-state index contributed by atoms with van der Waals surface area (Å²) < 4.78 is 15.8. The Bertz CT molecular complexity index is 937. The predicted molar refractivity (Wildman–Crippen MR) is 106 cm³/mol. The van der Waals surface area contributed by atoms with Crippen LogP contribution < -0.4 is 4.74 Å². The van der Waals surface area contributed by atoms with Crippen molar-refractivity contribution in [3.8, 4) is 17.1 Å². The van der Waals surface area contributed by atoms with E-state index >= 15 is 0 Å². The quantitative estimate of drug-likeness (QED) is 0.502. The van der Waals surface area contributed by atoms with Crippen molar-refractivity contribution in [2.45, 2.75) is 26.4 Å². The predicted octanol–water partition coefficient (Wildman–Crippen LogP) is 4.96. The van der Waals surface area contributed by atoms with E-state index in [2.05, 4.69) is 10.1 Å². The van der Waals surface area contributed by atoms with Gasteiger partial charge >= 0.3 is 5.97 Å². The Labute approximate surface area is 172 Å². The fraction of sp³-hybridized carbons (Fsp3) is 0.250. The minimum absolute atomic E-state index is 0.317. The summed E-state index contributed by atoms with van der Waals surface area (Å²) in [7, 11) is 0. The lowest BCUT2D eigenvalue weighted by Crippen LogP contribution is -2.26. The Hall–Kier alpha value is -2.57. The van der Waals surface area contributed by atoms with Crippen LogP contribution in [-0.2, 0) is 16.0 Å². The van der Waals surface area contributed by atoms with E-state index in [0.29, 0.717) is 46.1 Å². The molecule has 0 radical (unpaired) electrons. The third kappa shape index (κ3) is 4.82. The minimum atomic E-state index is -0.676. The second-order valence-electron chi connectivity index (χ2n) is 5.94. The highest BCUT2D eigenvalue weighted by molar-refractivity contribution is 6.38. The average Bonchev–Trinajstić information content (AvgIpc) is 3.11. The van der Waals surface area contributed by atoms with Crippen LogP contribution in [0.25, 0.3) is 11.4 Å². The molecule has 0 aliphatic carbocycles. The van der Waals surface area contributed by atoms with Gasteiger partial charge in [0, 0.05) is 0 Å². The molecule has 0 bridgehead atoms. The van der Waals surface area contributed by atoms with Crippen LogP contribution in [0.3, 0.4) is 0 Å². The van der Waals surface area contributed by atoms with E-state index in [-0.39, 0.29) is 0 Å². The summed E-state index contributed by atoms with van der Waals surface area (Å²) in [6, 6.07) is 12.4. The van der Waals surface area contributed by atoms with Crippen molar-refractivity contribution >= 4 is 29.2 Å². The molecule has 0 spiro atoms. The molecular weight excluding hydrogens is 403 g/mol. The number of ether oxygens (including phenoxy) is 2. The Morgan fingerprint density at radius 3 is 2.46 bits per heavy atom. The second-order valence-corrected chi connectivity index (χ2v) is 6.76. The standard InChI is InChI=1S/C20H18Cl2N2O4/c1-3-26-20(25)12(2)27-14-9-7-13(8-10-14)11-17-23-19(24-28-17)18-15(21)5-4-6-16(18)22/h4-10,12H,3,11H2,1-2H3. The molecule has 0 amide bonds. The number of aromatic nitrogens is 2. The van der Waals surface area contributed by atoms with E-state index < -0.39 is 12.1 Å². The van der Waals surface area contributed by atoms with Gasteiger partial charge in [-0.25, -0.2) is 4.79 Å². The first-order valence-electron chi connectivity index (χ1n) is 8.67. The Balaban J connectivity index is 1.67. The maximum Gasteiger partial charge on any atom is 0.347 e. The van der Waals surface area contributed by atoms with Gasteiger partial charge in [-0.1, -0.05) is 46.6 Å². The van der Waals surface area contributed by atoms with Crippen molar-refractivity contribution in [1.29, 1.82) is 0 Å². The summed E-state index contributed by atoms with van der Waals surface area (Å²) in [5, 5.41) is 4.88. The molecule has 6 nitrogen and oxygen atoms in total. The number of halogens is 2. The molecule has 0 N–H and O–H groups in total. The van der Waals surface area contributed by atoms with E-state index in [0.717, 1.165) is 5.56 Å². The molecule has 8 heteroatoms. The molecule has 1 aromatic heterocycles. The van der Waals surface area contributed by atoms with Crippen molar-refractivity contribution in [2.75, 3.05) is 6.61 Å². The lowest BCUT2D eigenvalue weighted by molar-refractivity contribution is -0.150. The summed E-state index contributed by atoms with van der Waals surface area (Å²) in [5.74, 6) is 0.940. The summed E-state index contributed by atoms with van der Waals surface area (Å²) in [4.78, 5) is 16.0. The van der Waals surface area contributed by atoms with Crippen LogP contribution in [0, 0.1) is 0 Å². The third-order valence-electron chi connectivity index (χ3n) is 3.86. The molecule has 1 heterocycles. The molecule has 1 unspecified atom stereocenters. The van der Waals surface area contributed by atoms with Gasteiger partial charge in [0.15, 0.2) is 6.10 Å². The number of benzene rings is 2. The number of nitrogens with zero attached hydrogens (tertiary/aromatic N) is 2. The smallest absolute Gasteiger partial charge is 0.347 e. The number of esters is 1. The normalized spacial score (nSPS) is 11.9. The molecule has 0 aliphatic rings. The number of hydrogen-bond donors (Lipinski definition) is 0. The zero-order valence-electron chi connectivity index (χ0n) is 15.3. The SMILES string of the molecule is CCOC(=O)C(C)Oc1ccc(Cc2nc(-c3c(Cl)cccc3Cl)no2)cc1. The topological polar surface area (TPSA) is 74.5 Å². The molecule has 2 aromatic carbocycles. The van der Waals surface area contributed by atoms with Crippen LogP contribution in [0.1, 0.15) is 25.3 Å². The van der Waals surface area contributed by atoms with Crippen LogP contribution >= 0.6 is 23.2 Å². The highest BCUT2D eigenvalue weighted by Gasteiger charge is 2.17. The van der Waals surface area contributed by atoms with Gasteiger partial charge in [-0.05, 0) is 43.7 Å². The first kappa shape index (κ1) is 20.2. The van der Waals surface area contributed by atoms with Gasteiger partial charge in [0.25, 0.3) is 0 Å². The maximum absolute atomic E-state index is 11.6. The van der Waals surface area contributed by atoms with Crippen LogP contribution in [0.4, 0.5) is 0 Å². The molecule has 28 heavy (non-hydrogen) atoms. The van der Waals surface area contributed by atoms with E-state index in [4.69, 9.17) is 37.2 Å². The van der Waals surface area contributed by atoms with E-state index in [1.807, 2.05) is 12.1 Å². The molecule has 3 aromatic rings. The van der Waals surface area contributed by atoms with Crippen molar-refractivity contribution < 1.29 is 18.8 Å². The maximum atomic E-state index is 11.6. The first-order valence-corrected chi connectivity index (χ1v) is 9.42. The highest BCUT2D eigenvalue weighted by atomic mass is 35.5. The number of hydrogen-bond acceptors (Lipinski definition) is 6. The van der Waals surface area contributed by atoms with Gasteiger partial charge in [0.1, 0.15) is 5.75 Å². The van der Waals surface area contributed by atoms with E-state index in [9.17, 15) is 4.79 Å². The zero-order chi connectivity index (χ0) is 20.1. The Kier molecular flexibility index (Phi) is 6.54. The largest absolute Gasteiger partial charge is 0.479 e. The van der Waals surface area contributed by atoms with Gasteiger partial charge in [-0.15, -0.1) is 0 Å². The second kappa shape index (κ2) is 9.08. The summed E-state index contributed by atoms with van der Waals surface area (Å²) in [6.45, 7) is 3.71. The van der Waals surface area contributed by atoms with Crippen LogP contribution in [0.2, 0.25) is 10.0 Å². The molecule has 146 valence electrons. The lowest BCUT2D eigenvalue weighted by Gasteiger charge is -2.13. The monoisotopic (exact) mass is 420 g/mol. The Morgan fingerprint density at radius 1 is 1.14 bits per heavy atom. The molecule has 0 saturated carbocycles. The van der Waals surface area contributed by atoms with Crippen molar-refractivity contribution in [2.24, 2.45) is 0 Å². The molecule has 0 saturated heterocycles. The van der Waals surface area contributed by atoms with Crippen LogP contribution in [-0.4, -0.2) is 28.8 Å². The summed E-state index contributed by atoms with van der Waals surface area (Å²) >= 11 is 12.4. The van der Waals surface area contributed by atoms with Crippen LogP contribution in [0.15, 0.2) is 47.0 Å². The third-order valence-corrected chi connectivity index (χ3v) is 4.49. The number of carbonyl (C=O) groups excluding carboxylic acids is 1. The first-order chi connectivity index (χ1) is 13.5. The van der Waals surface area contributed by atoms with Gasteiger partial charge in [-0.2, -0.15) is 4.98 Å². The summed E-state index contributed by atoms with van der Waals surface area (Å²) in [5.41, 5.74) is 1.48. The fourth-order valence-corrected chi connectivity index (χ4v) is 3.08. The van der Waals surface area contributed by atoms with Gasteiger partial charge in [0.05, 0.1) is 28.6 Å². The number of carbonyl (C=O) groups is 1. The van der Waals surface area contributed by atoms with Crippen molar-refractivity contribution in [3.63, 3.8) is 0 Å². The molecule has 1 atom stereocenters.